The fourth-order valence-electron chi connectivity index (χ4n) is 1.79. The van der Waals surface area contributed by atoms with E-state index in [1.54, 1.807) is 18.3 Å². The van der Waals surface area contributed by atoms with Crippen LogP contribution in [0.15, 0.2) is 34.0 Å². The van der Waals surface area contributed by atoms with Gasteiger partial charge >= 0.3 is 5.97 Å². The zero-order chi connectivity index (χ0) is 14.8. The lowest BCUT2D eigenvalue weighted by atomic mass is 10.1. The molecule has 2 aromatic heterocycles. The van der Waals surface area contributed by atoms with Gasteiger partial charge in [0.1, 0.15) is 10.6 Å². The smallest absolute Gasteiger partial charge is 0.352 e. The Hall–Kier alpha value is -1.64. The molecule has 6 nitrogen and oxygen atoms in total. The molecule has 2 rings (SSSR count). The van der Waals surface area contributed by atoms with E-state index in [1.165, 1.54) is 6.20 Å². The van der Waals surface area contributed by atoms with Crippen molar-refractivity contribution in [3.63, 3.8) is 0 Å². The van der Waals surface area contributed by atoms with Crippen molar-refractivity contribution in [1.29, 1.82) is 0 Å². The second-order valence-corrected chi connectivity index (χ2v) is 6.91. The van der Waals surface area contributed by atoms with Gasteiger partial charge in [-0.2, -0.15) is 11.3 Å². The van der Waals surface area contributed by atoms with E-state index in [-0.39, 0.29) is 16.6 Å². The SMILES string of the molecule is CC(Cc1ccsc1)NS(=O)(=O)c1c[nH]c(C(=O)O)c1. The second kappa shape index (κ2) is 5.78. The van der Waals surface area contributed by atoms with Gasteiger partial charge < -0.3 is 10.1 Å². The summed E-state index contributed by atoms with van der Waals surface area (Å²) in [5.74, 6) is -1.20. The fraction of sp³-hybridized carbons (Fsp3) is 0.250. The molecule has 0 aliphatic carbocycles. The van der Waals surface area contributed by atoms with Crippen molar-refractivity contribution >= 4 is 27.3 Å². The third-order valence-electron chi connectivity index (χ3n) is 2.68. The van der Waals surface area contributed by atoms with Gasteiger partial charge in [-0.15, -0.1) is 0 Å². The highest BCUT2D eigenvalue weighted by atomic mass is 32.2. The number of rotatable bonds is 6. The monoisotopic (exact) mass is 314 g/mol. The van der Waals surface area contributed by atoms with Gasteiger partial charge in [-0.3, -0.25) is 0 Å². The van der Waals surface area contributed by atoms with Crippen LogP contribution >= 0.6 is 11.3 Å². The van der Waals surface area contributed by atoms with E-state index >= 15 is 0 Å². The summed E-state index contributed by atoms with van der Waals surface area (Å²) in [5, 5.41) is 12.7. The van der Waals surface area contributed by atoms with Crippen LogP contribution in [-0.2, 0) is 16.4 Å². The Bertz CT molecular complexity index is 689. The lowest BCUT2D eigenvalue weighted by Crippen LogP contribution is -2.33. The third kappa shape index (κ3) is 3.47. The molecule has 0 bridgehead atoms. The summed E-state index contributed by atoms with van der Waals surface area (Å²) in [7, 11) is -3.72. The number of thiophene rings is 1. The number of hydrogen-bond donors (Lipinski definition) is 3. The first-order chi connectivity index (χ1) is 9.38. The molecule has 0 aliphatic heterocycles. The minimum atomic E-state index is -3.72. The average molecular weight is 314 g/mol. The number of aromatic carboxylic acids is 1. The molecule has 0 saturated carbocycles. The molecule has 1 atom stereocenters. The van der Waals surface area contributed by atoms with Crippen LogP contribution < -0.4 is 4.72 Å². The van der Waals surface area contributed by atoms with Gasteiger partial charge in [0.05, 0.1) is 0 Å². The summed E-state index contributed by atoms with van der Waals surface area (Å²) < 4.78 is 26.7. The topological polar surface area (TPSA) is 99.3 Å². The predicted octanol–water partition coefficient (Wildman–Crippen LogP) is 1.68. The highest BCUT2D eigenvalue weighted by Gasteiger charge is 2.20. The minimum Gasteiger partial charge on any atom is -0.477 e. The molecule has 3 N–H and O–H groups in total. The summed E-state index contributed by atoms with van der Waals surface area (Å²) in [6.07, 6.45) is 1.75. The number of hydrogen-bond acceptors (Lipinski definition) is 4. The quantitative estimate of drug-likeness (QED) is 0.755. The van der Waals surface area contributed by atoms with Gasteiger partial charge in [-0.1, -0.05) is 0 Å². The van der Waals surface area contributed by atoms with Crippen LogP contribution in [0.2, 0.25) is 0 Å². The molecule has 2 aromatic rings. The van der Waals surface area contributed by atoms with Crippen molar-refractivity contribution in [2.24, 2.45) is 0 Å². The molecule has 0 amide bonds. The van der Waals surface area contributed by atoms with Gasteiger partial charge in [-0.25, -0.2) is 17.9 Å². The second-order valence-electron chi connectivity index (χ2n) is 4.41. The van der Waals surface area contributed by atoms with Gasteiger partial charge in [0.15, 0.2) is 0 Å². The van der Waals surface area contributed by atoms with Crippen molar-refractivity contribution in [1.82, 2.24) is 9.71 Å². The van der Waals surface area contributed by atoms with Crippen LogP contribution in [0.25, 0.3) is 0 Å². The molecule has 0 spiro atoms. The number of H-pyrrole nitrogens is 1. The van der Waals surface area contributed by atoms with Crippen LogP contribution in [-0.4, -0.2) is 30.5 Å². The molecule has 1 unspecified atom stereocenters. The molecule has 0 aliphatic rings. The number of nitrogens with one attached hydrogen (secondary N) is 2. The highest BCUT2D eigenvalue weighted by Crippen LogP contribution is 2.13. The maximum atomic E-state index is 12.1. The fourth-order valence-corrected chi connectivity index (χ4v) is 3.71. The minimum absolute atomic E-state index is 0.0768. The average Bonchev–Trinajstić information content (AvgIpc) is 2.97. The van der Waals surface area contributed by atoms with Crippen molar-refractivity contribution in [2.75, 3.05) is 0 Å². The van der Waals surface area contributed by atoms with Crippen molar-refractivity contribution in [2.45, 2.75) is 24.3 Å². The Balaban J connectivity index is 2.08. The largest absolute Gasteiger partial charge is 0.477 e. The molecule has 2 heterocycles. The number of carboxylic acid groups (broad SMARTS) is 1. The van der Waals surface area contributed by atoms with Crippen molar-refractivity contribution in [3.8, 4) is 0 Å². The van der Waals surface area contributed by atoms with Crippen LogP contribution in [0.1, 0.15) is 23.0 Å². The Labute approximate surface area is 120 Å². The summed E-state index contributed by atoms with van der Waals surface area (Å²) in [4.78, 5) is 13.1. The molecule has 0 fully saturated rings. The van der Waals surface area contributed by atoms with Gasteiger partial charge in [-0.05, 0) is 41.8 Å². The van der Waals surface area contributed by atoms with Gasteiger partial charge in [0.2, 0.25) is 10.0 Å². The molecule has 20 heavy (non-hydrogen) atoms. The first-order valence-electron chi connectivity index (χ1n) is 5.83. The van der Waals surface area contributed by atoms with E-state index in [0.717, 1.165) is 11.6 Å². The Morgan fingerprint density at radius 2 is 2.30 bits per heavy atom. The molecule has 108 valence electrons. The van der Waals surface area contributed by atoms with Crippen LogP contribution in [0.3, 0.4) is 0 Å². The maximum Gasteiger partial charge on any atom is 0.352 e. The number of sulfonamides is 1. The zero-order valence-electron chi connectivity index (χ0n) is 10.7. The third-order valence-corrected chi connectivity index (χ3v) is 4.98. The molecule has 0 aromatic carbocycles. The lowest BCUT2D eigenvalue weighted by molar-refractivity contribution is 0.0691. The highest BCUT2D eigenvalue weighted by molar-refractivity contribution is 7.89. The maximum absolute atomic E-state index is 12.1. The van der Waals surface area contributed by atoms with E-state index in [4.69, 9.17) is 5.11 Å². The van der Waals surface area contributed by atoms with E-state index in [0.29, 0.717) is 6.42 Å². The summed E-state index contributed by atoms with van der Waals surface area (Å²) in [5.41, 5.74) is 0.904. The first-order valence-corrected chi connectivity index (χ1v) is 8.26. The van der Waals surface area contributed by atoms with E-state index in [2.05, 4.69) is 9.71 Å². The number of carbonyl (C=O) groups is 1. The van der Waals surface area contributed by atoms with E-state index in [9.17, 15) is 13.2 Å². The molecular formula is C12H14N2O4S2. The van der Waals surface area contributed by atoms with E-state index in [1.807, 2.05) is 16.8 Å². The Morgan fingerprint density at radius 3 is 2.85 bits per heavy atom. The molecule has 0 saturated heterocycles. The van der Waals surface area contributed by atoms with Crippen LogP contribution in [0.5, 0.6) is 0 Å². The zero-order valence-corrected chi connectivity index (χ0v) is 12.3. The number of aromatic amines is 1. The van der Waals surface area contributed by atoms with Crippen molar-refractivity contribution < 1.29 is 18.3 Å². The normalized spacial score (nSPS) is 13.2. The molecular weight excluding hydrogens is 300 g/mol. The van der Waals surface area contributed by atoms with Gasteiger partial charge in [0.25, 0.3) is 0 Å². The van der Waals surface area contributed by atoms with Crippen molar-refractivity contribution in [3.05, 3.63) is 40.3 Å². The Morgan fingerprint density at radius 1 is 1.55 bits per heavy atom. The first kappa shape index (κ1) is 14.8. The van der Waals surface area contributed by atoms with Gasteiger partial charge in [0, 0.05) is 12.2 Å². The standard InChI is InChI=1S/C12H14N2O4S2/c1-8(4-9-2-3-19-7-9)14-20(17,18)10-5-11(12(15)16)13-6-10/h2-3,5-8,13-14H,4H2,1H3,(H,15,16). The molecule has 0 radical (unpaired) electrons. The van der Waals surface area contributed by atoms with E-state index < -0.39 is 16.0 Å². The summed E-state index contributed by atoms with van der Waals surface area (Å²) >= 11 is 1.55. The van der Waals surface area contributed by atoms with Crippen LogP contribution in [0.4, 0.5) is 0 Å². The lowest BCUT2D eigenvalue weighted by Gasteiger charge is -2.12. The predicted molar refractivity (Wildman–Crippen MR) is 75.6 cm³/mol. The van der Waals surface area contributed by atoms with Crippen LogP contribution in [0, 0.1) is 0 Å². The Kier molecular flexibility index (Phi) is 4.26. The number of carboxylic acids is 1. The summed E-state index contributed by atoms with van der Waals surface area (Å²) in [6, 6.07) is 2.76. The summed E-state index contributed by atoms with van der Waals surface area (Å²) in [6.45, 7) is 1.76. The number of aromatic nitrogens is 1. The molecule has 8 heteroatoms.